The fourth-order valence-electron chi connectivity index (χ4n) is 1.54. The van der Waals surface area contributed by atoms with Gasteiger partial charge >= 0.3 is 0 Å². The van der Waals surface area contributed by atoms with Crippen LogP contribution in [0.3, 0.4) is 0 Å². The molecule has 0 bridgehead atoms. The number of hydrogen-bond acceptors (Lipinski definition) is 3. The molecule has 0 aliphatic heterocycles. The molecule has 3 heteroatoms. The molecule has 0 spiro atoms. The third-order valence-corrected chi connectivity index (χ3v) is 2.24. The van der Waals surface area contributed by atoms with E-state index in [1.807, 2.05) is 24.3 Å². The van der Waals surface area contributed by atoms with Crippen molar-refractivity contribution in [3.8, 4) is 5.75 Å². The van der Waals surface area contributed by atoms with Gasteiger partial charge in [0, 0.05) is 11.6 Å². The number of hydrogen-bond donors (Lipinski definition) is 2. The molecule has 0 aromatic heterocycles. The highest BCUT2D eigenvalue weighted by Gasteiger charge is 2.09. The topological polar surface area (TPSA) is 41.5 Å². The Hall–Kier alpha value is -1.06. The van der Waals surface area contributed by atoms with E-state index in [2.05, 4.69) is 19.2 Å². The Bertz CT molecular complexity index is 289. The van der Waals surface area contributed by atoms with Gasteiger partial charge in [-0.2, -0.15) is 0 Å². The minimum absolute atomic E-state index is 0.0456. The second-order valence-corrected chi connectivity index (χ2v) is 3.39. The Morgan fingerprint density at radius 3 is 2.80 bits per heavy atom. The van der Waals surface area contributed by atoms with Gasteiger partial charge in [0.1, 0.15) is 12.4 Å². The van der Waals surface area contributed by atoms with Crippen molar-refractivity contribution in [2.75, 3.05) is 19.8 Å². The van der Waals surface area contributed by atoms with Crippen molar-refractivity contribution in [3.63, 3.8) is 0 Å². The number of benzene rings is 1. The maximum Gasteiger partial charge on any atom is 0.124 e. The van der Waals surface area contributed by atoms with Gasteiger partial charge in [0.25, 0.3) is 0 Å². The van der Waals surface area contributed by atoms with Crippen molar-refractivity contribution in [3.05, 3.63) is 29.8 Å². The molecular formula is C12H19NO2. The van der Waals surface area contributed by atoms with Gasteiger partial charge in [-0.1, -0.05) is 25.1 Å². The number of rotatable bonds is 6. The Labute approximate surface area is 91.1 Å². The summed E-state index contributed by atoms with van der Waals surface area (Å²) in [5.41, 5.74) is 1.13. The molecule has 0 fully saturated rings. The van der Waals surface area contributed by atoms with Crippen LogP contribution in [0.25, 0.3) is 0 Å². The van der Waals surface area contributed by atoms with E-state index in [9.17, 15) is 0 Å². The highest BCUT2D eigenvalue weighted by Crippen LogP contribution is 2.24. The van der Waals surface area contributed by atoms with Crippen molar-refractivity contribution < 1.29 is 9.84 Å². The van der Waals surface area contributed by atoms with E-state index in [4.69, 9.17) is 9.84 Å². The fraction of sp³-hybridized carbons (Fsp3) is 0.500. The summed E-state index contributed by atoms with van der Waals surface area (Å²) in [6, 6.07) is 8.17. The summed E-state index contributed by atoms with van der Waals surface area (Å²) in [6.07, 6.45) is 0. The lowest BCUT2D eigenvalue weighted by Gasteiger charge is -2.17. The predicted molar refractivity (Wildman–Crippen MR) is 61.1 cm³/mol. The second kappa shape index (κ2) is 6.43. The van der Waals surface area contributed by atoms with E-state index in [1.165, 1.54) is 0 Å². The molecule has 0 aliphatic rings. The Morgan fingerprint density at radius 2 is 2.13 bits per heavy atom. The Kier molecular flexibility index (Phi) is 5.15. The lowest BCUT2D eigenvalue weighted by molar-refractivity contribution is 0.199. The molecule has 0 heterocycles. The average Bonchev–Trinajstić information content (AvgIpc) is 2.27. The number of para-hydroxylation sites is 1. The largest absolute Gasteiger partial charge is 0.491 e. The van der Waals surface area contributed by atoms with E-state index in [0.717, 1.165) is 17.9 Å². The maximum absolute atomic E-state index is 8.72. The summed E-state index contributed by atoms with van der Waals surface area (Å²) < 4.78 is 5.46. The quantitative estimate of drug-likeness (QED) is 0.749. The van der Waals surface area contributed by atoms with E-state index >= 15 is 0 Å². The van der Waals surface area contributed by atoms with Crippen LogP contribution in [0, 0.1) is 0 Å². The molecule has 84 valence electrons. The van der Waals surface area contributed by atoms with Crippen LogP contribution < -0.4 is 10.1 Å². The highest BCUT2D eigenvalue weighted by atomic mass is 16.5. The first-order chi connectivity index (χ1) is 7.29. The minimum Gasteiger partial charge on any atom is -0.491 e. The summed E-state index contributed by atoms with van der Waals surface area (Å²) in [5.74, 6) is 0.847. The predicted octanol–water partition coefficient (Wildman–Crippen LogP) is 1.73. The molecule has 1 rings (SSSR count). The van der Waals surface area contributed by atoms with Crippen LogP contribution in [0.4, 0.5) is 0 Å². The lowest BCUT2D eigenvalue weighted by atomic mass is 10.1. The van der Waals surface area contributed by atoms with Gasteiger partial charge in [-0.15, -0.1) is 0 Å². The lowest BCUT2D eigenvalue weighted by Crippen LogP contribution is -2.18. The monoisotopic (exact) mass is 209 g/mol. The summed E-state index contributed by atoms with van der Waals surface area (Å²) in [7, 11) is 0. The molecule has 0 saturated heterocycles. The molecule has 2 N–H and O–H groups in total. The van der Waals surface area contributed by atoms with Gasteiger partial charge in [-0.25, -0.2) is 0 Å². The molecule has 0 amide bonds. The van der Waals surface area contributed by atoms with Crippen molar-refractivity contribution in [1.82, 2.24) is 5.32 Å². The third-order valence-electron chi connectivity index (χ3n) is 2.24. The number of aliphatic hydroxyl groups excluding tert-OH is 1. The summed E-state index contributed by atoms with van der Waals surface area (Å²) >= 11 is 0. The van der Waals surface area contributed by atoms with E-state index in [-0.39, 0.29) is 12.6 Å². The van der Waals surface area contributed by atoms with Crippen LogP contribution in [0.1, 0.15) is 25.5 Å². The molecule has 15 heavy (non-hydrogen) atoms. The molecule has 0 aliphatic carbocycles. The van der Waals surface area contributed by atoms with Gasteiger partial charge in [0.05, 0.1) is 6.61 Å². The van der Waals surface area contributed by atoms with Crippen molar-refractivity contribution in [2.45, 2.75) is 19.9 Å². The number of ether oxygens (including phenoxy) is 1. The molecule has 1 atom stereocenters. The molecule has 3 nitrogen and oxygen atoms in total. The van der Waals surface area contributed by atoms with E-state index in [1.54, 1.807) is 0 Å². The van der Waals surface area contributed by atoms with Gasteiger partial charge < -0.3 is 15.2 Å². The zero-order valence-electron chi connectivity index (χ0n) is 9.36. The normalized spacial score (nSPS) is 12.5. The first-order valence-corrected chi connectivity index (χ1v) is 5.35. The third kappa shape index (κ3) is 3.53. The van der Waals surface area contributed by atoms with Gasteiger partial charge in [0.2, 0.25) is 0 Å². The van der Waals surface area contributed by atoms with Gasteiger partial charge in [0.15, 0.2) is 0 Å². The number of aliphatic hydroxyl groups is 1. The van der Waals surface area contributed by atoms with Crippen LogP contribution in [0.15, 0.2) is 24.3 Å². The van der Waals surface area contributed by atoms with Crippen molar-refractivity contribution in [1.29, 1.82) is 0 Å². The first kappa shape index (κ1) is 12.0. The molecule has 1 aromatic carbocycles. The van der Waals surface area contributed by atoms with Crippen LogP contribution >= 0.6 is 0 Å². The smallest absolute Gasteiger partial charge is 0.124 e. The van der Waals surface area contributed by atoms with Crippen LogP contribution in [0.5, 0.6) is 5.75 Å². The Morgan fingerprint density at radius 1 is 1.40 bits per heavy atom. The fourth-order valence-corrected chi connectivity index (χ4v) is 1.54. The summed E-state index contributed by atoms with van der Waals surface area (Å²) in [6.45, 7) is 5.49. The molecule has 1 unspecified atom stereocenters. The average molecular weight is 209 g/mol. The van der Waals surface area contributed by atoms with Crippen LogP contribution in [-0.2, 0) is 0 Å². The Balaban J connectivity index is 2.75. The van der Waals surface area contributed by atoms with Crippen LogP contribution in [-0.4, -0.2) is 24.9 Å². The second-order valence-electron chi connectivity index (χ2n) is 3.39. The summed E-state index contributed by atoms with van der Waals surface area (Å²) in [5, 5.41) is 12.1. The van der Waals surface area contributed by atoms with E-state index in [0.29, 0.717) is 6.61 Å². The molecule has 0 saturated carbocycles. The maximum atomic E-state index is 8.72. The van der Waals surface area contributed by atoms with Gasteiger partial charge in [-0.05, 0) is 19.5 Å². The highest BCUT2D eigenvalue weighted by molar-refractivity contribution is 5.35. The van der Waals surface area contributed by atoms with Crippen molar-refractivity contribution in [2.24, 2.45) is 0 Å². The number of nitrogens with one attached hydrogen (secondary N) is 1. The zero-order valence-corrected chi connectivity index (χ0v) is 9.36. The zero-order chi connectivity index (χ0) is 11.1. The SMILES string of the molecule is CCNC(C)c1ccccc1OCCO. The van der Waals surface area contributed by atoms with E-state index < -0.39 is 0 Å². The standard InChI is InChI=1S/C12H19NO2/c1-3-13-10(2)11-6-4-5-7-12(11)15-9-8-14/h4-7,10,13-14H,3,8-9H2,1-2H3. The van der Waals surface area contributed by atoms with Crippen molar-refractivity contribution >= 4 is 0 Å². The molecule has 1 aromatic rings. The molecular weight excluding hydrogens is 190 g/mol. The first-order valence-electron chi connectivity index (χ1n) is 5.35. The summed E-state index contributed by atoms with van der Waals surface area (Å²) in [4.78, 5) is 0. The molecule has 0 radical (unpaired) electrons. The minimum atomic E-state index is 0.0456. The van der Waals surface area contributed by atoms with Gasteiger partial charge in [-0.3, -0.25) is 0 Å². The van der Waals surface area contributed by atoms with Crippen LogP contribution in [0.2, 0.25) is 0 Å².